The van der Waals surface area contributed by atoms with E-state index < -0.39 is 5.82 Å². The third-order valence-electron chi connectivity index (χ3n) is 1.69. The summed E-state index contributed by atoms with van der Waals surface area (Å²) < 4.78 is 14.3. The summed E-state index contributed by atoms with van der Waals surface area (Å²) in [5.41, 5.74) is 0.493. The summed E-state index contributed by atoms with van der Waals surface area (Å²) in [6, 6.07) is 4.78. The molecule has 2 aromatic heterocycles. The van der Waals surface area contributed by atoms with Gasteiger partial charge in [-0.15, -0.1) is 0 Å². The molecule has 2 aromatic rings. The summed E-state index contributed by atoms with van der Waals surface area (Å²) in [4.78, 5) is 3.66. The van der Waals surface area contributed by atoms with Crippen LogP contribution in [0.2, 0.25) is 0 Å². The average Bonchev–Trinajstić information content (AvgIpc) is 2.70. The predicted molar refractivity (Wildman–Crippen MR) is 46.0 cm³/mol. The second-order valence-electron chi connectivity index (χ2n) is 2.58. The summed E-state index contributed by atoms with van der Waals surface area (Å²) in [6.07, 6.45) is 4.18. The average molecular weight is 188 g/mol. The van der Waals surface area contributed by atoms with Gasteiger partial charge in [0, 0.05) is 18.5 Å². The maximum atomic E-state index is 12.9. The molecule has 0 fully saturated rings. The topological polar surface area (TPSA) is 54.5 Å². The van der Waals surface area contributed by atoms with Crippen LogP contribution in [-0.2, 0) is 0 Å². The molecule has 0 bridgehead atoms. The van der Waals surface area contributed by atoms with Crippen LogP contribution in [0, 0.1) is 17.1 Å². The largest absolute Gasteiger partial charge is 0.240 e. The Morgan fingerprint density at radius 2 is 2.36 bits per heavy atom. The first-order chi connectivity index (χ1) is 6.81. The van der Waals surface area contributed by atoms with Crippen molar-refractivity contribution in [3.63, 3.8) is 0 Å². The van der Waals surface area contributed by atoms with Gasteiger partial charge in [0.1, 0.15) is 17.6 Å². The molecule has 14 heavy (non-hydrogen) atoms. The van der Waals surface area contributed by atoms with Crippen LogP contribution >= 0.6 is 0 Å². The lowest BCUT2D eigenvalue weighted by atomic mass is 10.3. The number of pyridine rings is 1. The number of halogens is 1. The van der Waals surface area contributed by atoms with E-state index in [1.54, 1.807) is 18.5 Å². The van der Waals surface area contributed by atoms with Gasteiger partial charge in [0.05, 0.1) is 6.20 Å². The van der Waals surface area contributed by atoms with E-state index >= 15 is 0 Å². The molecule has 0 unspecified atom stereocenters. The normalized spacial score (nSPS) is 9.71. The standard InChI is InChI=1S/C9H5FN4/c10-7-4-9(8(5-11)12-6-7)14-3-1-2-13-14/h1-4,6H. The fourth-order valence-electron chi connectivity index (χ4n) is 1.10. The number of rotatable bonds is 1. The van der Waals surface area contributed by atoms with E-state index in [4.69, 9.17) is 5.26 Å². The molecule has 2 heterocycles. The van der Waals surface area contributed by atoms with Gasteiger partial charge in [-0.05, 0) is 6.07 Å². The maximum Gasteiger partial charge on any atom is 0.166 e. The zero-order valence-corrected chi connectivity index (χ0v) is 7.05. The van der Waals surface area contributed by atoms with Crippen LogP contribution in [0.3, 0.4) is 0 Å². The highest BCUT2D eigenvalue weighted by atomic mass is 19.1. The summed E-state index contributed by atoms with van der Waals surface area (Å²) in [5.74, 6) is -0.491. The van der Waals surface area contributed by atoms with Gasteiger partial charge in [-0.3, -0.25) is 0 Å². The highest BCUT2D eigenvalue weighted by Gasteiger charge is 2.06. The Morgan fingerprint density at radius 3 is 3.00 bits per heavy atom. The molecule has 68 valence electrons. The third-order valence-corrected chi connectivity index (χ3v) is 1.69. The van der Waals surface area contributed by atoms with Crippen molar-refractivity contribution in [2.45, 2.75) is 0 Å². The SMILES string of the molecule is N#Cc1ncc(F)cc1-n1cccn1. The Hall–Kier alpha value is -2.22. The second-order valence-corrected chi connectivity index (χ2v) is 2.58. The molecule has 0 saturated heterocycles. The molecule has 2 rings (SSSR count). The Kier molecular flexibility index (Phi) is 1.95. The lowest BCUT2D eigenvalue weighted by Gasteiger charge is -2.02. The van der Waals surface area contributed by atoms with Crippen molar-refractivity contribution < 1.29 is 4.39 Å². The quantitative estimate of drug-likeness (QED) is 0.677. The summed E-state index contributed by atoms with van der Waals surface area (Å²) in [5, 5.41) is 12.6. The van der Waals surface area contributed by atoms with E-state index in [9.17, 15) is 4.39 Å². The molecule has 0 aliphatic carbocycles. The van der Waals surface area contributed by atoms with Gasteiger partial charge in [-0.25, -0.2) is 14.1 Å². The van der Waals surface area contributed by atoms with Gasteiger partial charge >= 0.3 is 0 Å². The fourth-order valence-corrected chi connectivity index (χ4v) is 1.10. The highest BCUT2D eigenvalue weighted by molar-refractivity contribution is 5.43. The molecular weight excluding hydrogens is 183 g/mol. The van der Waals surface area contributed by atoms with E-state index in [-0.39, 0.29) is 5.69 Å². The number of nitriles is 1. The summed E-state index contributed by atoms with van der Waals surface area (Å²) >= 11 is 0. The summed E-state index contributed by atoms with van der Waals surface area (Å²) in [6.45, 7) is 0. The van der Waals surface area contributed by atoms with E-state index in [2.05, 4.69) is 10.1 Å². The first-order valence-corrected chi connectivity index (χ1v) is 3.87. The molecule has 0 N–H and O–H groups in total. The first-order valence-electron chi connectivity index (χ1n) is 3.87. The van der Waals surface area contributed by atoms with E-state index in [1.807, 2.05) is 6.07 Å². The number of hydrogen-bond donors (Lipinski definition) is 0. The van der Waals surface area contributed by atoms with Crippen molar-refractivity contribution in [1.82, 2.24) is 14.8 Å². The molecule has 5 heteroatoms. The van der Waals surface area contributed by atoms with Crippen molar-refractivity contribution >= 4 is 0 Å². The molecule has 0 spiro atoms. The van der Waals surface area contributed by atoms with Crippen LogP contribution < -0.4 is 0 Å². The van der Waals surface area contributed by atoms with Gasteiger partial charge in [-0.1, -0.05) is 0 Å². The van der Waals surface area contributed by atoms with Crippen molar-refractivity contribution in [2.24, 2.45) is 0 Å². The van der Waals surface area contributed by atoms with Gasteiger partial charge in [0.2, 0.25) is 0 Å². The molecule has 0 atom stereocenters. The molecule has 0 saturated carbocycles. The van der Waals surface area contributed by atoms with Crippen LogP contribution in [0.15, 0.2) is 30.7 Å². The van der Waals surface area contributed by atoms with Crippen molar-refractivity contribution in [3.05, 3.63) is 42.2 Å². The maximum absolute atomic E-state index is 12.9. The highest BCUT2D eigenvalue weighted by Crippen LogP contribution is 2.11. The predicted octanol–water partition coefficient (Wildman–Crippen LogP) is 1.28. The molecule has 4 nitrogen and oxygen atoms in total. The van der Waals surface area contributed by atoms with Crippen molar-refractivity contribution in [1.29, 1.82) is 5.26 Å². The van der Waals surface area contributed by atoms with Gasteiger partial charge in [0.25, 0.3) is 0 Å². The minimum Gasteiger partial charge on any atom is -0.240 e. The third kappa shape index (κ3) is 1.33. The first kappa shape index (κ1) is 8.38. The monoisotopic (exact) mass is 188 g/mol. The molecule has 0 aromatic carbocycles. The van der Waals surface area contributed by atoms with Crippen LogP contribution in [0.1, 0.15) is 5.69 Å². The molecular formula is C9H5FN4. The second kappa shape index (κ2) is 3.26. The summed E-state index contributed by atoms with van der Waals surface area (Å²) in [7, 11) is 0. The molecule has 0 amide bonds. The van der Waals surface area contributed by atoms with Crippen LogP contribution in [-0.4, -0.2) is 14.8 Å². The minimum absolute atomic E-state index is 0.148. The van der Waals surface area contributed by atoms with Crippen molar-refractivity contribution in [2.75, 3.05) is 0 Å². The number of aromatic nitrogens is 3. The number of nitrogens with zero attached hydrogens (tertiary/aromatic N) is 4. The van der Waals surface area contributed by atoms with Crippen LogP contribution in [0.5, 0.6) is 0 Å². The lowest BCUT2D eigenvalue weighted by molar-refractivity contribution is 0.618. The van der Waals surface area contributed by atoms with Gasteiger partial charge in [-0.2, -0.15) is 10.4 Å². The Bertz CT molecular complexity index is 484. The minimum atomic E-state index is -0.491. The lowest BCUT2D eigenvalue weighted by Crippen LogP contribution is -2.00. The molecule has 0 aliphatic rings. The number of hydrogen-bond acceptors (Lipinski definition) is 3. The zero-order chi connectivity index (χ0) is 9.97. The van der Waals surface area contributed by atoms with E-state index in [0.717, 1.165) is 6.20 Å². The Balaban J connectivity index is 2.63. The Morgan fingerprint density at radius 1 is 1.50 bits per heavy atom. The van der Waals surface area contributed by atoms with E-state index in [1.165, 1.54) is 10.7 Å². The van der Waals surface area contributed by atoms with Crippen molar-refractivity contribution in [3.8, 4) is 11.8 Å². The zero-order valence-electron chi connectivity index (χ0n) is 7.05. The van der Waals surface area contributed by atoms with Gasteiger partial charge in [0.15, 0.2) is 5.69 Å². The molecule has 0 aliphatic heterocycles. The van der Waals surface area contributed by atoms with E-state index in [0.29, 0.717) is 5.69 Å². The van der Waals surface area contributed by atoms with Crippen LogP contribution in [0.4, 0.5) is 4.39 Å². The fraction of sp³-hybridized carbons (Fsp3) is 0. The molecule has 0 radical (unpaired) electrons. The van der Waals surface area contributed by atoms with Gasteiger partial charge < -0.3 is 0 Å². The van der Waals surface area contributed by atoms with Crippen LogP contribution in [0.25, 0.3) is 5.69 Å². The Labute approximate surface area is 79.2 Å². The smallest absolute Gasteiger partial charge is 0.166 e.